The van der Waals surface area contributed by atoms with Crippen molar-refractivity contribution in [3.8, 4) is 11.1 Å². The summed E-state index contributed by atoms with van der Waals surface area (Å²) in [5, 5.41) is 3.48. The molecule has 2 fully saturated rings. The minimum atomic E-state index is -0.236. The normalized spacial score (nSPS) is 20.4. The Labute approximate surface area is 168 Å². The van der Waals surface area contributed by atoms with Crippen molar-refractivity contribution < 1.29 is 9.53 Å². The second-order valence-corrected chi connectivity index (χ2v) is 9.01. The number of nitrogens with one attached hydrogen (secondary N) is 1. The highest BCUT2D eigenvalue weighted by Gasteiger charge is 2.54. The van der Waals surface area contributed by atoms with Crippen LogP contribution in [0.1, 0.15) is 60.5 Å². The standard InChI is InChI=1S/C25H31NO2/c1-17(2)16-28-24(27)21-8-9-22(18(3)14-21)19-4-6-20(7-5-19)23-15-25(23)10-12-26-13-11-25/h4-9,14,17,23,26H,10-13,15-16H2,1-3H3/t23-/m1/s1. The molecule has 1 saturated heterocycles. The number of carbonyl (C=O) groups excluding carboxylic acids is 1. The molecule has 148 valence electrons. The van der Waals surface area contributed by atoms with Crippen molar-refractivity contribution in [3.63, 3.8) is 0 Å². The molecule has 2 aromatic rings. The average molecular weight is 378 g/mol. The maximum atomic E-state index is 12.2. The van der Waals surface area contributed by atoms with E-state index in [4.69, 9.17) is 4.74 Å². The van der Waals surface area contributed by atoms with Crippen LogP contribution in [0.5, 0.6) is 0 Å². The van der Waals surface area contributed by atoms with E-state index in [-0.39, 0.29) is 5.97 Å². The number of carbonyl (C=O) groups is 1. The third kappa shape index (κ3) is 3.86. The third-order valence-electron chi connectivity index (χ3n) is 6.42. The van der Waals surface area contributed by atoms with Crippen LogP contribution in [0.2, 0.25) is 0 Å². The van der Waals surface area contributed by atoms with Crippen LogP contribution in [0.15, 0.2) is 42.5 Å². The van der Waals surface area contributed by atoms with Gasteiger partial charge in [-0.2, -0.15) is 0 Å². The molecule has 0 amide bonds. The van der Waals surface area contributed by atoms with Gasteiger partial charge in [0.05, 0.1) is 12.2 Å². The quantitative estimate of drug-likeness (QED) is 0.716. The Hall–Kier alpha value is -2.13. The van der Waals surface area contributed by atoms with Gasteiger partial charge < -0.3 is 10.1 Å². The van der Waals surface area contributed by atoms with Crippen LogP contribution >= 0.6 is 0 Å². The van der Waals surface area contributed by atoms with Gasteiger partial charge >= 0.3 is 5.97 Å². The molecule has 2 aromatic carbocycles. The van der Waals surface area contributed by atoms with E-state index in [0.717, 1.165) is 11.5 Å². The molecular formula is C25H31NO2. The highest BCUT2D eigenvalue weighted by molar-refractivity contribution is 5.90. The number of ether oxygens (including phenoxy) is 1. The predicted octanol–water partition coefficient (Wildman–Crippen LogP) is 5.33. The van der Waals surface area contributed by atoms with Gasteiger partial charge in [-0.05, 0) is 90.9 Å². The van der Waals surface area contributed by atoms with Crippen LogP contribution in [0.25, 0.3) is 11.1 Å². The monoisotopic (exact) mass is 377 g/mol. The average Bonchev–Trinajstić information content (AvgIpc) is 3.39. The molecule has 1 aliphatic carbocycles. The summed E-state index contributed by atoms with van der Waals surface area (Å²) in [6.07, 6.45) is 3.97. The van der Waals surface area contributed by atoms with Crippen molar-refractivity contribution >= 4 is 5.97 Å². The molecule has 2 aliphatic rings. The van der Waals surface area contributed by atoms with Crippen LogP contribution in [-0.4, -0.2) is 25.7 Å². The summed E-state index contributed by atoms with van der Waals surface area (Å²) in [7, 11) is 0. The Morgan fingerprint density at radius 3 is 2.50 bits per heavy atom. The van der Waals surface area contributed by atoms with E-state index in [1.165, 1.54) is 49.0 Å². The number of hydrogen-bond donors (Lipinski definition) is 1. The summed E-state index contributed by atoms with van der Waals surface area (Å²) in [6.45, 7) is 8.94. The van der Waals surface area contributed by atoms with E-state index >= 15 is 0 Å². The Morgan fingerprint density at radius 1 is 1.14 bits per heavy atom. The summed E-state index contributed by atoms with van der Waals surface area (Å²) >= 11 is 0. The molecule has 1 saturated carbocycles. The fourth-order valence-corrected chi connectivity index (χ4v) is 4.63. The lowest BCUT2D eigenvalue weighted by molar-refractivity contribution is 0.0459. The number of benzene rings is 2. The van der Waals surface area contributed by atoms with Crippen molar-refractivity contribution in [3.05, 3.63) is 59.2 Å². The highest BCUT2D eigenvalue weighted by Crippen LogP contribution is 2.64. The molecule has 0 bridgehead atoms. The Balaban J connectivity index is 1.46. The topological polar surface area (TPSA) is 38.3 Å². The first-order chi connectivity index (χ1) is 13.5. The van der Waals surface area contributed by atoms with E-state index in [9.17, 15) is 4.79 Å². The first-order valence-corrected chi connectivity index (χ1v) is 10.6. The van der Waals surface area contributed by atoms with Crippen LogP contribution in [0.3, 0.4) is 0 Å². The molecule has 4 rings (SSSR count). The molecule has 1 heterocycles. The molecule has 0 radical (unpaired) electrons. The number of piperidine rings is 1. The minimum absolute atomic E-state index is 0.236. The van der Waals surface area contributed by atoms with Crippen molar-refractivity contribution in [1.29, 1.82) is 0 Å². The van der Waals surface area contributed by atoms with E-state index < -0.39 is 0 Å². The molecule has 1 N–H and O–H groups in total. The molecule has 3 heteroatoms. The summed E-state index contributed by atoms with van der Waals surface area (Å²) < 4.78 is 5.35. The van der Waals surface area contributed by atoms with Gasteiger partial charge in [0.1, 0.15) is 0 Å². The number of aryl methyl sites for hydroxylation is 1. The fraction of sp³-hybridized carbons (Fsp3) is 0.480. The molecule has 0 aromatic heterocycles. The first-order valence-electron chi connectivity index (χ1n) is 10.6. The first kappa shape index (κ1) is 19.2. The van der Waals surface area contributed by atoms with Gasteiger partial charge in [0, 0.05) is 0 Å². The van der Waals surface area contributed by atoms with Gasteiger partial charge in [-0.25, -0.2) is 4.79 Å². The van der Waals surface area contributed by atoms with E-state index in [1.807, 2.05) is 32.0 Å². The van der Waals surface area contributed by atoms with Crippen LogP contribution in [0.4, 0.5) is 0 Å². The lowest BCUT2D eigenvalue weighted by atomic mass is 9.89. The van der Waals surface area contributed by atoms with Crippen molar-refractivity contribution in [2.24, 2.45) is 11.3 Å². The third-order valence-corrected chi connectivity index (χ3v) is 6.42. The van der Waals surface area contributed by atoms with Crippen molar-refractivity contribution in [2.75, 3.05) is 19.7 Å². The number of esters is 1. The van der Waals surface area contributed by atoms with Crippen molar-refractivity contribution in [1.82, 2.24) is 5.32 Å². The maximum Gasteiger partial charge on any atom is 0.338 e. The van der Waals surface area contributed by atoms with Crippen LogP contribution in [0, 0.1) is 18.3 Å². The van der Waals surface area contributed by atoms with Crippen LogP contribution < -0.4 is 5.32 Å². The molecular weight excluding hydrogens is 346 g/mol. The lowest BCUT2D eigenvalue weighted by Crippen LogP contribution is -2.29. The Morgan fingerprint density at radius 2 is 1.86 bits per heavy atom. The summed E-state index contributed by atoms with van der Waals surface area (Å²) in [6, 6.07) is 15.0. The van der Waals surface area contributed by atoms with E-state index in [1.54, 1.807) is 0 Å². The smallest absolute Gasteiger partial charge is 0.338 e. The zero-order chi connectivity index (χ0) is 19.7. The largest absolute Gasteiger partial charge is 0.462 e. The zero-order valence-electron chi connectivity index (χ0n) is 17.3. The molecule has 3 nitrogen and oxygen atoms in total. The minimum Gasteiger partial charge on any atom is -0.462 e. The Bertz CT molecular complexity index is 847. The van der Waals surface area contributed by atoms with Gasteiger partial charge in [0.15, 0.2) is 0 Å². The lowest BCUT2D eigenvalue weighted by Gasteiger charge is -2.23. The Kier molecular flexibility index (Phi) is 5.29. The maximum absolute atomic E-state index is 12.2. The van der Waals surface area contributed by atoms with E-state index in [2.05, 4.69) is 36.5 Å². The SMILES string of the molecule is Cc1cc(C(=O)OCC(C)C)ccc1-c1ccc([C@H]2CC23CCNCC3)cc1. The zero-order valence-corrected chi connectivity index (χ0v) is 17.3. The van der Waals surface area contributed by atoms with Gasteiger partial charge in [0.2, 0.25) is 0 Å². The second kappa shape index (κ2) is 7.71. The van der Waals surface area contributed by atoms with E-state index in [0.29, 0.717) is 23.5 Å². The van der Waals surface area contributed by atoms with Gasteiger partial charge in [-0.3, -0.25) is 0 Å². The molecule has 1 aliphatic heterocycles. The molecule has 28 heavy (non-hydrogen) atoms. The van der Waals surface area contributed by atoms with Gasteiger partial charge in [-0.15, -0.1) is 0 Å². The number of hydrogen-bond acceptors (Lipinski definition) is 3. The molecule has 1 spiro atoms. The molecule has 1 atom stereocenters. The second-order valence-electron chi connectivity index (χ2n) is 9.01. The van der Waals surface area contributed by atoms with Crippen molar-refractivity contribution in [2.45, 2.75) is 46.0 Å². The predicted molar refractivity (Wildman–Crippen MR) is 114 cm³/mol. The van der Waals surface area contributed by atoms with Gasteiger partial charge in [-0.1, -0.05) is 44.2 Å². The summed E-state index contributed by atoms with van der Waals surface area (Å²) in [5.74, 6) is 0.848. The summed E-state index contributed by atoms with van der Waals surface area (Å²) in [5.41, 5.74) is 6.18. The number of rotatable bonds is 5. The van der Waals surface area contributed by atoms with Crippen LogP contribution in [-0.2, 0) is 4.74 Å². The highest BCUT2D eigenvalue weighted by atomic mass is 16.5. The van der Waals surface area contributed by atoms with Gasteiger partial charge in [0.25, 0.3) is 0 Å². The fourth-order valence-electron chi connectivity index (χ4n) is 4.63. The molecule has 0 unspecified atom stereocenters. The summed E-state index contributed by atoms with van der Waals surface area (Å²) in [4.78, 5) is 12.2.